The lowest BCUT2D eigenvalue weighted by atomic mass is 10.1. The zero-order valence-electron chi connectivity index (χ0n) is 7.33. The second-order valence-electron chi connectivity index (χ2n) is 3.08. The summed E-state index contributed by atoms with van der Waals surface area (Å²) >= 11 is 4.34. The van der Waals surface area contributed by atoms with E-state index in [0.717, 1.165) is 6.42 Å². The summed E-state index contributed by atoms with van der Waals surface area (Å²) in [6.07, 6.45) is 1.01. The van der Waals surface area contributed by atoms with Crippen LogP contribution >= 0.6 is 12.6 Å². The summed E-state index contributed by atoms with van der Waals surface area (Å²) in [4.78, 5) is 0. The average molecular weight is 181 g/mol. The van der Waals surface area contributed by atoms with Crippen LogP contribution in [0.3, 0.4) is 0 Å². The van der Waals surface area contributed by atoms with Gasteiger partial charge in [0.2, 0.25) is 0 Å². The van der Waals surface area contributed by atoms with Crippen LogP contribution in [0.1, 0.15) is 18.1 Å². The molecule has 1 nitrogen and oxygen atoms in total. The van der Waals surface area contributed by atoms with Crippen LogP contribution in [0.15, 0.2) is 24.3 Å². The Balaban J connectivity index is 2.72. The summed E-state index contributed by atoms with van der Waals surface area (Å²) in [6, 6.07) is 8.36. The molecule has 1 atom stereocenters. The molecule has 0 bridgehead atoms. The first-order valence-corrected chi connectivity index (χ1v) is 4.70. The van der Waals surface area contributed by atoms with Crippen LogP contribution in [-0.4, -0.2) is 5.25 Å². The maximum absolute atomic E-state index is 5.53. The van der Waals surface area contributed by atoms with Crippen LogP contribution in [0.4, 0.5) is 0 Å². The van der Waals surface area contributed by atoms with E-state index in [0.29, 0.717) is 11.8 Å². The van der Waals surface area contributed by atoms with Crippen LogP contribution in [-0.2, 0) is 13.0 Å². The summed E-state index contributed by atoms with van der Waals surface area (Å²) in [5, 5.41) is 0.415. The molecular formula is C10H15NS. The second kappa shape index (κ2) is 4.53. The molecule has 66 valence electrons. The van der Waals surface area contributed by atoms with Gasteiger partial charge in [-0.05, 0) is 17.5 Å². The van der Waals surface area contributed by atoms with Gasteiger partial charge in [-0.25, -0.2) is 0 Å². The Morgan fingerprint density at radius 2 is 2.08 bits per heavy atom. The van der Waals surface area contributed by atoms with E-state index in [1.54, 1.807) is 0 Å². The molecule has 0 aromatic heterocycles. The Hall–Kier alpha value is -0.470. The van der Waals surface area contributed by atoms with Crippen LogP contribution in [0.25, 0.3) is 0 Å². The molecular weight excluding hydrogens is 166 g/mol. The van der Waals surface area contributed by atoms with Crippen molar-refractivity contribution in [2.45, 2.75) is 25.1 Å². The standard InChI is InChI=1S/C10H15NS/c1-8(12)5-9-3-2-4-10(6-9)7-11/h2-4,6,8,12H,5,7,11H2,1H3. The minimum Gasteiger partial charge on any atom is -0.326 e. The van der Waals surface area contributed by atoms with Gasteiger partial charge >= 0.3 is 0 Å². The number of nitrogens with two attached hydrogens (primary N) is 1. The number of thiol groups is 1. The minimum absolute atomic E-state index is 0.415. The largest absolute Gasteiger partial charge is 0.326 e. The predicted octanol–water partition coefficient (Wildman–Crippen LogP) is 2.01. The zero-order chi connectivity index (χ0) is 8.97. The highest BCUT2D eigenvalue weighted by molar-refractivity contribution is 7.80. The highest BCUT2D eigenvalue weighted by Crippen LogP contribution is 2.09. The first-order valence-electron chi connectivity index (χ1n) is 4.18. The van der Waals surface area contributed by atoms with Gasteiger partial charge in [0.1, 0.15) is 0 Å². The summed E-state index contributed by atoms with van der Waals surface area (Å²) in [6.45, 7) is 2.72. The fourth-order valence-electron chi connectivity index (χ4n) is 1.22. The van der Waals surface area contributed by atoms with Gasteiger partial charge in [-0.2, -0.15) is 12.6 Å². The van der Waals surface area contributed by atoms with E-state index in [-0.39, 0.29) is 0 Å². The summed E-state index contributed by atoms with van der Waals surface area (Å²) < 4.78 is 0. The predicted molar refractivity (Wildman–Crippen MR) is 56.5 cm³/mol. The van der Waals surface area contributed by atoms with Crippen molar-refractivity contribution in [1.82, 2.24) is 0 Å². The van der Waals surface area contributed by atoms with Crippen molar-refractivity contribution in [3.63, 3.8) is 0 Å². The van der Waals surface area contributed by atoms with Crippen LogP contribution in [0, 0.1) is 0 Å². The molecule has 0 fully saturated rings. The van der Waals surface area contributed by atoms with Crippen molar-refractivity contribution in [1.29, 1.82) is 0 Å². The van der Waals surface area contributed by atoms with Crippen LogP contribution < -0.4 is 5.73 Å². The third-order valence-electron chi connectivity index (χ3n) is 1.76. The number of rotatable bonds is 3. The Morgan fingerprint density at radius 3 is 2.67 bits per heavy atom. The van der Waals surface area contributed by atoms with Gasteiger partial charge in [0.15, 0.2) is 0 Å². The smallest absolute Gasteiger partial charge is 0.0178 e. The lowest BCUT2D eigenvalue weighted by Crippen LogP contribution is -2.00. The number of hydrogen-bond acceptors (Lipinski definition) is 2. The molecule has 2 heteroatoms. The van der Waals surface area contributed by atoms with Gasteiger partial charge < -0.3 is 5.73 Å². The Morgan fingerprint density at radius 1 is 1.42 bits per heavy atom. The Bertz CT molecular complexity index is 245. The molecule has 1 aromatic carbocycles. The summed E-state index contributed by atoms with van der Waals surface area (Å²) in [7, 11) is 0. The van der Waals surface area contributed by atoms with Crippen molar-refractivity contribution >= 4 is 12.6 Å². The maximum atomic E-state index is 5.53. The normalized spacial score (nSPS) is 12.9. The average Bonchev–Trinajstić information content (AvgIpc) is 2.03. The molecule has 1 aromatic rings. The van der Waals surface area contributed by atoms with E-state index in [1.165, 1.54) is 11.1 Å². The summed E-state index contributed by atoms with van der Waals surface area (Å²) in [5.41, 5.74) is 8.05. The molecule has 0 aliphatic rings. The molecule has 0 saturated heterocycles. The molecule has 0 saturated carbocycles. The topological polar surface area (TPSA) is 26.0 Å². The molecule has 2 N–H and O–H groups in total. The van der Waals surface area contributed by atoms with Crippen molar-refractivity contribution in [2.75, 3.05) is 0 Å². The maximum Gasteiger partial charge on any atom is 0.0178 e. The van der Waals surface area contributed by atoms with E-state index in [4.69, 9.17) is 5.73 Å². The van der Waals surface area contributed by atoms with Crippen LogP contribution in [0.2, 0.25) is 0 Å². The third kappa shape index (κ3) is 2.88. The van der Waals surface area contributed by atoms with Gasteiger partial charge in [-0.1, -0.05) is 31.2 Å². The molecule has 0 aliphatic carbocycles. The molecule has 1 unspecified atom stereocenters. The third-order valence-corrected chi connectivity index (χ3v) is 1.94. The Kier molecular flexibility index (Phi) is 3.63. The fourth-order valence-corrected chi connectivity index (χ4v) is 1.44. The van der Waals surface area contributed by atoms with E-state index >= 15 is 0 Å². The highest BCUT2D eigenvalue weighted by Gasteiger charge is 1.98. The van der Waals surface area contributed by atoms with Crippen molar-refractivity contribution in [2.24, 2.45) is 5.73 Å². The first-order chi connectivity index (χ1) is 5.72. The quantitative estimate of drug-likeness (QED) is 0.685. The molecule has 0 heterocycles. The van der Waals surface area contributed by atoms with Gasteiger partial charge in [0, 0.05) is 11.8 Å². The second-order valence-corrected chi connectivity index (χ2v) is 3.96. The van der Waals surface area contributed by atoms with E-state index in [2.05, 4.69) is 31.7 Å². The molecule has 0 radical (unpaired) electrons. The summed E-state index contributed by atoms with van der Waals surface area (Å²) in [5.74, 6) is 0. The Labute approximate surface area is 79.4 Å². The molecule has 12 heavy (non-hydrogen) atoms. The number of benzene rings is 1. The van der Waals surface area contributed by atoms with Crippen molar-refractivity contribution in [3.8, 4) is 0 Å². The first kappa shape index (κ1) is 9.62. The lowest BCUT2D eigenvalue weighted by Gasteiger charge is -2.05. The van der Waals surface area contributed by atoms with Gasteiger partial charge in [-0.3, -0.25) is 0 Å². The van der Waals surface area contributed by atoms with E-state index in [1.807, 2.05) is 12.1 Å². The minimum atomic E-state index is 0.415. The number of hydrogen-bond donors (Lipinski definition) is 2. The molecule has 0 spiro atoms. The molecule has 1 rings (SSSR count). The van der Waals surface area contributed by atoms with Crippen molar-refractivity contribution < 1.29 is 0 Å². The monoisotopic (exact) mass is 181 g/mol. The van der Waals surface area contributed by atoms with E-state index < -0.39 is 0 Å². The van der Waals surface area contributed by atoms with Gasteiger partial charge in [-0.15, -0.1) is 0 Å². The van der Waals surface area contributed by atoms with Gasteiger partial charge in [0.25, 0.3) is 0 Å². The lowest BCUT2D eigenvalue weighted by molar-refractivity contribution is 0.942. The SMILES string of the molecule is CC(S)Cc1cccc(CN)c1. The van der Waals surface area contributed by atoms with Crippen molar-refractivity contribution in [3.05, 3.63) is 35.4 Å². The molecule has 0 amide bonds. The van der Waals surface area contributed by atoms with E-state index in [9.17, 15) is 0 Å². The van der Waals surface area contributed by atoms with Gasteiger partial charge in [0.05, 0.1) is 0 Å². The molecule has 0 aliphatic heterocycles. The highest BCUT2D eigenvalue weighted by atomic mass is 32.1. The fraction of sp³-hybridized carbons (Fsp3) is 0.400. The zero-order valence-corrected chi connectivity index (χ0v) is 8.22. The van der Waals surface area contributed by atoms with Crippen LogP contribution in [0.5, 0.6) is 0 Å².